The van der Waals surface area contributed by atoms with E-state index in [0.29, 0.717) is 25.1 Å². The summed E-state index contributed by atoms with van der Waals surface area (Å²) < 4.78 is 29.3. The third-order valence-electron chi connectivity index (χ3n) is 5.84. The fraction of sp³-hybridized carbons (Fsp3) is 0.269. The maximum Gasteiger partial charge on any atom is 0.251 e. The van der Waals surface area contributed by atoms with Gasteiger partial charge in [-0.2, -0.15) is 0 Å². The van der Waals surface area contributed by atoms with E-state index < -0.39 is 10.0 Å². The number of hydrogen-bond acceptors (Lipinski definition) is 3. The topological polar surface area (TPSA) is 80.2 Å². The van der Waals surface area contributed by atoms with Crippen molar-refractivity contribution in [3.05, 3.63) is 78.4 Å². The van der Waals surface area contributed by atoms with E-state index in [1.54, 1.807) is 30.3 Å². The van der Waals surface area contributed by atoms with Gasteiger partial charge in [0.25, 0.3) is 5.91 Å². The molecule has 7 heteroatoms. The maximum atomic E-state index is 12.7. The molecule has 4 rings (SSSR count). The second kappa shape index (κ2) is 10.2. The van der Waals surface area contributed by atoms with Crippen molar-refractivity contribution in [2.24, 2.45) is 0 Å². The van der Waals surface area contributed by atoms with Crippen LogP contribution in [0.2, 0.25) is 0 Å². The van der Waals surface area contributed by atoms with Crippen LogP contribution in [-0.2, 0) is 16.6 Å². The summed E-state index contributed by atoms with van der Waals surface area (Å²) in [4.78, 5) is 12.9. The molecule has 0 aliphatic carbocycles. The molecular formula is C26H29N3O3S. The number of amides is 1. The maximum absolute atomic E-state index is 12.7. The zero-order valence-corrected chi connectivity index (χ0v) is 19.6. The van der Waals surface area contributed by atoms with Crippen molar-refractivity contribution >= 4 is 37.7 Å². The molecule has 6 nitrogen and oxygen atoms in total. The number of hydrogen-bond donors (Lipinski definition) is 2. The molecule has 0 saturated heterocycles. The predicted octanol–water partition coefficient (Wildman–Crippen LogP) is 4.69. The molecule has 0 aliphatic rings. The number of carbonyl (C=O) groups excluding carboxylic acids is 1. The zero-order chi connectivity index (χ0) is 23.3. The summed E-state index contributed by atoms with van der Waals surface area (Å²) in [7, 11) is -3.46. The molecule has 2 N–H and O–H groups in total. The van der Waals surface area contributed by atoms with Gasteiger partial charge in [-0.15, -0.1) is 0 Å². The molecule has 0 radical (unpaired) electrons. The van der Waals surface area contributed by atoms with Crippen LogP contribution in [0.1, 0.15) is 36.5 Å². The molecule has 1 aromatic heterocycles. The minimum atomic E-state index is -3.46. The third-order valence-corrected chi connectivity index (χ3v) is 7.31. The minimum Gasteiger partial charge on any atom is -0.352 e. The summed E-state index contributed by atoms with van der Waals surface area (Å²) >= 11 is 0. The van der Waals surface area contributed by atoms with E-state index in [0.717, 1.165) is 35.7 Å². The first-order chi connectivity index (χ1) is 16.0. The number of fused-ring (bicyclic) bond motifs is 3. The summed E-state index contributed by atoms with van der Waals surface area (Å²) in [5, 5.41) is 5.22. The smallest absolute Gasteiger partial charge is 0.251 e. The van der Waals surface area contributed by atoms with E-state index in [1.165, 1.54) is 5.52 Å². The molecular weight excluding hydrogens is 434 g/mol. The molecule has 0 fully saturated rings. The number of rotatable bonds is 10. The van der Waals surface area contributed by atoms with Crippen molar-refractivity contribution in [1.82, 2.24) is 14.6 Å². The van der Waals surface area contributed by atoms with Crippen molar-refractivity contribution in [3.63, 3.8) is 0 Å². The molecule has 0 unspecified atom stereocenters. The summed E-state index contributed by atoms with van der Waals surface area (Å²) in [5.41, 5.74) is 2.96. The first kappa shape index (κ1) is 23.0. The molecule has 0 bridgehead atoms. The number of para-hydroxylation sites is 1. The van der Waals surface area contributed by atoms with Crippen LogP contribution in [0.3, 0.4) is 0 Å². The number of aromatic nitrogens is 1. The first-order valence-electron chi connectivity index (χ1n) is 11.3. The number of aryl methyl sites for hydroxylation is 1. The number of nitrogens with zero attached hydrogens (tertiary/aromatic N) is 1. The number of carbonyl (C=O) groups is 1. The second-order valence-electron chi connectivity index (χ2n) is 8.02. The highest BCUT2D eigenvalue weighted by molar-refractivity contribution is 7.89. The van der Waals surface area contributed by atoms with Gasteiger partial charge in [0.2, 0.25) is 10.0 Å². The summed E-state index contributed by atoms with van der Waals surface area (Å²) in [5.74, 6) is -0.0880. The van der Waals surface area contributed by atoms with Crippen LogP contribution < -0.4 is 10.0 Å². The monoisotopic (exact) mass is 463 g/mol. The fourth-order valence-electron chi connectivity index (χ4n) is 4.16. The normalized spacial score (nSPS) is 11.8. The lowest BCUT2D eigenvalue weighted by molar-refractivity contribution is 0.0953. The van der Waals surface area contributed by atoms with Gasteiger partial charge in [-0.05, 0) is 56.2 Å². The van der Waals surface area contributed by atoms with Crippen molar-refractivity contribution in [2.45, 2.75) is 37.6 Å². The highest BCUT2D eigenvalue weighted by atomic mass is 32.2. The standard InChI is InChI=1S/C26H29N3O3S/c1-2-29-24-14-8-7-13-22(24)23-19-20(15-16-25(23)29)26(30)27-17-9-4-10-18-28-33(31,32)21-11-5-3-6-12-21/h3,5-8,11-16,19,28H,2,4,9-10,17-18H2,1H3,(H,27,30). The Morgan fingerprint density at radius 2 is 1.52 bits per heavy atom. The third kappa shape index (κ3) is 5.10. The van der Waals surface area contributed by atoms with E-state index in [2.05, 4.69) is 33.7 Å². The molecule has 0 saturated carbocycles. The SMILES string of the molecule is CCn1c2ccccc2c2cc(C(=O)NCCCCCNS(=O)(=O)c3ccccc3)ccc21. The van der Waals surface area contributed by atoms with Crippen molar-refractivity contribution < 1.29 is 13.2 Å². The molecule has 0 spiro atoms. The van der Waals surface area contributed by atoms with Crippen molar-refractivity contribution in [3.8, 4) is 0 Å². The van der Waals surface area contributed by atoms with Crippen LogP contribution in [0.5, 0.6) is 0 Å². The number of nitrogens with one attached hydrogen (secondary N) is 2. The summed E-state index contributed by atoms with van der Waals surface area (Å²) in [6.07, 6.45) is 2.32. The fourth-order valence-corrected chi connectivity index (χ4v) is 5.25. The Bertz CT molecular complexity index is 1360. The first-order valence-corrected chi connectivity index (χ1v) is 12.8. The van der Waals surface area contributed by atoms with Crippen LogP contribution in [0.15, 0.2) is 77.7 Å². The van der Waals surface area contributed by atoms with Gasteiger partial charge in [0, 0.05) is 47.0 Å². The molecule has 1 amide bonds. The van der Waals surface area contributed by atoms with Gasteiger partial charge in [-0.3, -0.25) is 4.79 Å². The molecule has 172 valence electrons. The zero-order valence-electron chi connectivity index (χ0n) is 18.8. The van der Waals surface area contributed by atoms with Crippen LogP contribution in [0, 0.1) is 0 Å². The molecule has 33 heavy (non-hydrogen) atoms. The molecule has 0 atom stereocenters. The lowest BCUT2D eigenvalue weighted by atomic mass is 10.1. The van der Waals surface area contributed by atoms with Gasteiger partial charge in [0.15, 0.2) is 0 Å². The second-order valence-corrected chi connectivity index (χ2v) is 9.79. The van der Waals surface area contributed by atoms with Crippen LogP contribution in [-0.4, -0.2) is 32.0 Å². The quantitative estimate of drug-likeness (QED) is 0.335. The Balaban J connectivity index is 1.27. The van der Waals surface area contributed by atoms with Gasteiger partial charge in [0.1, 0.15) is 0 Å². The van der Waals surface area contributed by atoms with Crippen molar-refractivity contribution in [1.29, 1.82) is 0 Å². The predicted molar refractivity (Wildman–Crippen MR) is 133 cm³/mol. The summed E-state index contributed by atoms with van der Waals surface area (Å²) in [6.45, 7) is 3.93. The van der Waals surface area contributed by atoms with E-state index in [4.69, 9.17) is 0 Å². The number of sulfonamides is 1. The lowest BCUT2D eigenvalue weighted by Gasteiger charge is -2.08. The van der Waals surface area contributed by atoms with Gasteiger partial charge >= 0.3 is 0 Å². The van der Waals surface area contributed by atoms with Crippen LogP contribution >= 0.6 is 0 Å². The number of benzene rings is 3. The van der Waals surface area contributed by atoms with E-state index >= 15 is 0 Å². The Morgan fingerprint density at radius 3 is 2.30 bits per heavy atom. The molecule has 1 heterocycles. The number of unbranched alkanes of at least 4 members (excludes halogenated alkanes) is 2. The van der Waals surface area contributed by atoms with Gasteiger partial charge in [-0.1, -0.05) is 42.8 Å². The molecule has 0 aliphatic heterocycles. The van der Waals surface area contributed by atoms with Gasteiger partial charge < -0.3 is 9.88 Å². The Morgan fingerprint density at radius 1 is 0.818 bits per heavy atom. The molecule has 4 aromatic rings. The average molecular weight is 464 g/mol. The Hall–Kier alpha value is -3.16. The van der Waals surface area contributed by atoms with Gasteiger partial charge in [0.05, 0.1) is 4.90 Å². The van der Waals surface area contributed by atoms with Gasteiger partial charge in [-0.25, -0.2) is 13.1 Å². The van der Waals surface area contributed by atoms with E-state index in [1.807, 2.05) is 30.3 Å². The summed E-state index contributed by atoms with van der Waals surface area (Å²) in [6, 6.07) is 22.5. The largest absolute Gasteiger partial charge is 0.352 e. The Labute approximate surface area is 194 Å². The Kier molecular flexibility index (Phi) is 7.11. The minimum absolute atomic E-state index is 0.0880. The van der Waals surface area contributed by atoms with Crippen LogP contribution in [0.25, 0.3) is 21.8 Å². The molecule has 3 aromatic carbocycles. The van der Waals surface area contributed by atoms with E-state index in [-0.39, 0.29) is 10.8 Å². The highest BCUT2D eigenvalue weighted by Gasteiger charge is 2.13. The highest BCUT2D eigenvalue weighted by Crippen LogP contribution is 2.29. The van der Waals surface area contributed by atoms with E-state index in [9.17, 15) is 13.2 Å². The average Bonchev–Trinajstić information content (AvgIpc) is 3.16. The van der Waals surface area contributed by atoms with Crippen molar-refractivity contribution in [2.75, 3.05) is 13.1 Å². The van der Waals surface area contributed by atoms with Crippen LogP contribution in [0.4, 0.5) is 0 Å². The lowest BCUT2D eigenvalue weighted by Crippen LogP contribution is -2.26.